The van der Waals surface area contributed by atoms with E-state index in [2.05, 4.69) is 0 Å². The molecule has 0 fully saturated rings. The molecule has 0 bridgehead atoms. The van der Waals surface area contributed by atoms with Crippen molar-refractivity contribution in [2.24, 2.45) is 0 Å². The van der Waals surface area contributed by atoms with Crippen LogP contribution in [0.5, 0.6) is 5.75 Å². The van der Waals surface area contributed by atoms with Gasteiger partial charge in [-0.15, -0.1) is 0 Å². The monoisotopic (exact) mass is 282 g/mol. The Kier molecular flexibility index (Phi) is 3.36. The molecule has 3 rings (SSSR count). The molecule has 1 aliphatic carbocycles. The van der Waals surface area contributed by atoms with Crippen LogP contribution >= 0.6 is 0 Å². The van der Waals surface area contributed by atoms with Crippen molar-refractivity contribution < 1.29 is 23.0 Å². The van der Waals surface area contributed by atoms with Crippen molar-refractivity contribution in [2.45, 2.75) is 38.5 Å². The maximum atomic E-state index is 14.0. The first-order valence-electron chi connectivity index (χ1n) is 6.94. The first kappa shape index (κ1) is 13.3. The van der Waals surface area contributed by atoms with E-state index < -0.39 is 11.6 Å². The second kappa shape index (κ2) is 5.04. The van der Waals surface area contributed by atoms with Crippen molar-refractivity contribution >= 4 is 5.97 Å². The number of rotatable bonds is 3. The summed E-state index contributed by atoms with van der Waals surface area (Å²) in [7, 11) is 0. The molecule has 0 spiro atoms. The normalized spacial score (nSPS) is 19.4. The van der Waals surface area contributed by atoms with E-state index in [1.54, 1.807) is 6.92 Å². The standard InChI is InChI=1S/C15H16F2O3/c1-2-19-11(18)7-8-3-4-9-12(8)10-5-6-20-15(10)14(17)13(9)16/h8H,2-7H2,1H3. The van der Waals surface area contributed by atoms with Gasteiger partial charge in [-0.05, 0) is 36.8 Å². The molecule has 3 nitrogen and oxygen atoms in total. The fraction of sp³-hybridized carbons (Fsp3) is 0.533. The van der Waals surface area contributed by atoms with E-state index in [9.17, 15) is 13.6 Å². The molecule has 0 aromatic heterocycles. The van der Waals surface area contributed by atoms with Crippen LogP contribution in [0.4, 0.5) is 8.78 Å². The molecular formula is C15H16F2O3. The Balaban J connectivity index is 1.99. The van der Waals surface area contributed by atoms with Gasteiger partial charge >= 0.3 is 5.97 Å². The predicted octanol–water partition coefficient (Wildman–Crippen LogP) is 2.88. The zero-order valence-electron chi connectivity index (χ0n) is 11.3. The van der Waals surface area contributed by atoms with Crippen LogP contribution in [0.25, 0.3) is 0 Å². The van der Waals surface area contributed by atoms with Gasteiger partial charge in [-0.1, -0.05) is 0 Å². The lowest BCUT2D eigenvalue weighted by atomic mass is 9.91. The van der Waals surface area contributed by atoms with Gasteiger partial charge in [0.2, 0.25) is 5.82 Å². The lowest BCUT2D eigenvalue weighted by molar-refractivity contribution is -0.143. The molecule has 1 aliphatic heterocycles. The number of benzene rings is 1. The summed E-state index contributed by atoms with van der Waals surface area (Å²) in [5, 5.41) is 0. The lowest BCUT2D eigenvalue weighted by Gasteiger charge is -2.15. The largest absolute Gasteiger partial charge is 0.490 e. The van der Waals surface area contributed by atoms with E-state index in [1.165, 1.54) is 0 Å². The molecule has 20 heavy (non-hydrogen) atoms. The van der Waals surface area contributed by atoms with Crippen molar-refractivity contribution in [1.82, 2.24) is 0 Å². The highest BCUT2D eigenvalue weighted by Crippen LogP contribution is 2.46. The first-order chi connectivity index (χ1) is 9.63. The third kappa shape index (κ3) is 1.96. The van der Waals surface area contributed by atoms with Gasteiger partial charge in [0.15, 0.2) is 11.6 Å². The molecule has 1 heterocycles. The Hall–Kier alpha value is -1.65. The fourth-order valence-electron chi connectivity index (χ4n) is 3.27. The number of carbonyl (C=O) groups is 1. The van der Waals surface area contributed by atoms with Gasteiger partial charge < -0.3 is 9.47 Å². The predicted molar refractivity (Wildman–Crippen MR) is 67.9 cm³/mol. The van der Waals surface area contributed by atoms with E-state index in [-0.39, 0.29) is 24.1 Å². The molecule has 0 saturated heterocycles. The van der Waals surface area contributed by atoms with Crippen LogP contribution in [0.1, 0.15) is 42.4 Å². The number of fused-ring (bicyclic) bond motifs is 3. The molecule has 2 aliphatic rings. The summed E-state index contributed by atoms with van der Waals surface area (Å²) >= 11 is 0. The van der Waals surface area contributed by atoms with Gasteiger partial charge in [0.25, 0.3) is 0 Å². The summed E-state index contributed by atoms with van der Waals surface area (Å²) < 4.78 is 38.1. The minimum Gasteiger partial charge on any atom is -0.490 e. The maximum absolute atomic E-state index is 14.0. The van der Waals surface area contributed by atoms with Crippen molar-refractivity contribution in [2.75, 3.05) is 13.2 Å². The van der Waals surface area contributed by atoms with Crippen molar-refractivity contribution in [1.29, 1.82) is 0 Å². The maximum Gasteiger partial charge on any atom is 0.306 e. The second-order valence-electron chi connectivity index (χ2n) is 5.17. The van der Waals surface area contributed by atoms with Crippen LogP contribution in [0.15, 0.2) is 0 Å². The highest BCUT2D eigenvalue weighted by Gasteiger charge is 2.36. The molecule has 1 unspecified atom stereocenters. The second-order valence-corrected chi connectivity index (χ2v) is 5.17. The highest BCUT2D eigenvalue weighted by molar-refractivity contribution is 5.71. The Morgan fingerprint density at radius 3 is 2.85 bits per heavy atom. The third-order valence-corrected chi connectivity index (χ3v) is 4.05. The summed E-state index contributed by atoms with van der Waals surface area (Å²) in [6.45, 7) is 2.45. The Labute approximate surface area is 115 Å². The van der Waals surface area contributed by atoms with Crippen LogP contribution in [-0.2, 0) is 22.4 Å². The fourth-order valence-corrected chi connectivity index (χ4v) is 3.27. The molecule has 0 radical (unpaired) electrons. The van der Waals surface area contributed by atoms with Crippen LogP contribution in [0.3, 0.4) is 0 Å². The number of hydrogen-bond acceptors (Lipinski definition) is 3. The van der Waals surface area contributed by atoms with Crippen molar-refractivity contribution in [3.63, 3.8) is 0 Å². The van der Waals surface area contributed by atoms with Crippen LogP contribution in [0.2, 0.25) is 0 Å². The molecular weight excluding hydrogens is 266 g/mol. The third-order valence-electron chi connectivity index (χ3n) is 4.05. The molecule has 0 amide bonds. The lowest BCUT2D eigenvalue weighted by Crippen LogP contribution is -2.10. The Morgan fingerprint density at radius 2 is 2.10 bits per heavy atom. The van der Waals surface area contributed by atoms with E-state index in [0.717, 1.165) is 11.1 Å². The molecule has 5 heteroatoms. The van der Waals surface area contributed by atoms with Crippen molar-refractivity contribution in [3.8, 4) is 5.75 Å². The zero-order valence-corrected chi connectivity index (χ0v) is 11.3. The SMILES string of the molecule is CCOC(=O)CC1CCc2c(F)c(F)c3c(c21)CCO3. The summed E-state index contributed by atoms with van der Waals surface area (Å²) in [6.07, 6.45) is 1.92. The summed E-state index contributed by atoms with van der Waals surface area (Å²) in [4.78, 5) is 11.6. The van der Waals surface area contributed by atoms with Gasteiger partial charge in [0.05, 0.1) is 19.6 Å². The van der Waals surface area contributed by atoms with E-state index in [1.807, 2.05) is 0 Å². The first-order valence-corrected chi connectivity index (χ1v) is 6.94. The van der Waals surface area contributed by atoms with E-state index in [4.69, 9.17) is 9.47 Å². The number of ether oxygens (including phenoxy) is 2. The van der Waals surface area contributed by atoms with E-state index in [0.29, 0.717) is 38.0 Å². The summed E-state index contributed by atoms with van der Waals surface area (Å²) in [6, 6.07) is 0. The average Bonchev–Trinajstić information content (AvgIpc) is 3.02. The average molecular weight is 282 g/mol. The number of esters is 1. The molecule has 1 aromatic rings. The van der Waals surface area contributed by atoms with Gasteiger partial charge in [-0.3, -0.25) is 4.79 Å². The molecule has 1 aromatic carbocycles. The number of hydrogen-bond donors (Lipinski definition) is 0. The highest BCUT2D eigenvalue weighted by atomic mass is 19.2. The quantitative estimate of drug-likeness (QED) is 0.800. The van der Waals surface area contributed by atoms with Gasteiger partial charge in [0.1, 0.15) is 0 Å². The van der Waals surface area contributed by atoms with E-state index >= 15 is 0 Å². The van der Waals surface area contributed by atoms with Gasteiger partial charge in [-0.25, -0.2) is 4.39 Å². The summed E-state index contributed by atoms with van der Waals surface area (Å²) in [5.41, 5.74) is 1.94. The molecule has 0 saturated carbocycles. The molecule has 0 N–H and O–H groups in total. The minimum atomic E-state index is -0.881. The number of halogens is 2. The minimum absolute atomic E-state index is 0.0389. The molecule has 108 valence electrons. The van der Waals surface area contributed by atoms with Gasteiger partial charge in [0, 0.05) is 12.0 Å². The Bertz CT molecular complexity index is 569. The Morgan fingerprint density at radius 1 is 1.30 bits per heavy atom. The zero-order chi connectivity index (χ0) is 14.3. The number of carbonyl (C=O) groups excluding carboxylic acids is 1. The van der Waals surface area contributed by atoms with Crippen LogP contribution in [0, 0.1) is 11.6 Å². The topological polar surface area (TPSA) is 35.5 Å². The molecule has 1 atom stereocenters. The van der Waals surface area contributed by atoms with Crippen molar-refractivity contribution in [3.05, 3.63) is 28.3 Å². The summed E-state index contributed by atoms with van der Waals surface area (Å²) in [5.74, 6) is -2.03. The smallest absolute Gasteiger partial charge is 0.306 e. The van der Waals surface area contributed by atoms with Gasteiger partial charge in [-0.2, -0.15) is 4.39 Å². The van der Waals surface area contributed by atoms with Crippen LogP contribution < -0.4 is 4.74 Å². The van der Waals surface area contributed by atoms with Crippen LogP contribution in [-0.4, -0.2) is 19.2 Å².